The predicted octanol–water partition coefficient (Wildman–Crippen LogP) is 3.26. The van der Waals surface area contributed by atoms with Crippen LogP contribution in [0.4, 0.5) is 8.78 Å². The molecule has 0 aliphatic heterocycles. The van der Waals surface area contributed by atoms with E-state index >= 15 is 0 Å². The van der Waals surface area contributed by atoms with E-state index in [4.69, 9.17) is 5.84 Å². The summed E-state index contributed by atoms with van der Waals surface area (Å²) < 4.78 is 26.2. The van der Waals surface area contributed by atoms with E-state index in [1.165, 1.54) is 27.8 Å². The summed E-state index contributed by atoms with van der Waals surface area (Å²) in [5, 5.41) is 0. The lowest BCUT2D eigenvalue weighted by Gasteiger charge is -2.14. The molecular weight excluding hydrogens is 278 g/mol. The summed E-state index contributed by atoms with van der Waals surface area (Å²) in [5.74, 6) is 4.00. The van der Waals surface area contributed by atoms with E-state index < -0.39 is 11.6 Å². The van der Waals surface area contributed by atoms with E-state index in [2.05, 4.69) is 11.5 Å². The van der Waals surface area contributed by atoms with Gasteiger partial charge in [0, 0.05) is 9.75 Å². The second kappa shape index (κ2) is 5.60. The second-order valence-electron chi connectivity index (χ2n) is 5.12. The van der Waals surface area contributed by atoms with E-state index in [-0.39, 0.29) is 6.04 Å². The first kappa shape index (κ1) is 13.7. The number of fused-ring (bicyclic) bond motifs is 1. The van der Waals surface area contributed by atoms with Crippen molar-refractivity contribution in [3.8, 4) is 0 Å². The molecule has 3 N–H and O–H groups in total. The third-order valence-corrected chi connectivity index (χ3v) is 5.08. The van der Waals surface area contributed by atoms with Crippen LogP contribution in [-0.4, -0.2) is 0 Å². The Balaban J connectivity index is 1.80. The first-order valence-corrected chi connectivity index (χ1v) is 7.50. The van der Waals surface area contributed by atoms with Gasteiger partial charge in [0.1, 0.15) is 0 Å². The van der Waals surface area contributed by atoms with E-state index in [1.54, 1.807) is 17.4 Å². The summed E-state index contributed by atoms with van der Waals surface area (Å²) in [6, 6.07) is 6.13. The molecule has 0 saturated heterocycles. The molecule has 20 heavy (non-hydrogen) atoms. The van der Waals surface area contributed by atoms with Crippen molar-refractivity contribution >= 4 is 11.3 Å². The van der Waals surface area contributed by atoms with Crippen molar-refractivity contribution < 1.29 is 8.78 Å². The number of hydrazine groups is 1. The molecule has 106 valence electrons. The van der Waals surface area contributed by atoms with Crippen molar-refractivity contribution in [1.82, 2.24) is 5.43 Å². The average molecular weight is 294 g/mol. The van der Waals surface area contributed by atoms with Crippen LogP contribution >= 0.6 is 11.3 Å². The summed E-state index contributed by atoms with van der Waals surface area (Å²) in [5.41, 5.74) is 4.93. The molecule has 5 heteroatoms. The molecule has 1 unspecified atom stereocenters. The molecule has 1 aromatic heterocycles. The Bertz CT molecular complexity index is 603. The molecule has 0 saturated carbocycles. The van der Waals surface area contributed by atoms with Crippen LogP contribution in [0, 0.1) is 11.6 Å². The third-order valence-electron chi connectivity index (χ3n) is 3.73. The van der Waals surface area contributed by atoms with Crippen molar-refractivity contribution in [2.45, 2.75) is 31.7 Å². The maximum Gasteiger partial charge on any atom is 0.159 e. The van der Waals surface area contributed by atoms with Crippen LogP contribution in [0.25, 0.3) is 0 Å². The van der Waals surface area contributed by atoms with Gasteiger partial charge >= 0.3 is 0 Å². The van der Waals surface area contributed by atoms with Crippen LogP contribution < -0.4 is 11.3 Å². The first-order valence-electron chi connectivity index (χ1n) is 6.69. The molecule has 1 heterocycles. The van der Waals surface area contributed by atoms with Crippen molar-refractivity contribution in [2.24, 2.45) is 5.84 Å². The normalized spacial score (nSPS) is 15.3. The molecule has 1 aliphatic carbocycles. The molecule has 1 aromatic carbocycles. The maximum atomic E-state index is 13.2. The van der Waals surface area contributed by atoms with Crippen molar-refractivity contribution in [3.63, 3.8) is 0 Å². The lowest BCUT2D eigenvalue weighted by molar-refractivity contribution is 0.503. The Kier molecular flexibility index (Phi) is 3.83. The third kappa shape index (κ3) is 2.61. The van der Waals surface area contributed by atoms with Gasteiger partial charge < -0.3 is 0 Å². The second-order valence-corrected chi connectivity index (χ2v) is 6.29. The topological polar surface area (TPSA) is 38.0 Å². The van der Waals surface area contributed by atoms with Gasteiger partial charge in [-0.25, -0.2) is 8.78 Å². The van der Waals surface area contributed by atoms with Crippen molar-refractivity contribution in [2.75, 3.05) is 0 Å². The fraction of sp³-hybridized carbons (Fsp3) is 0.333. The molecule has 0 spiro atoms. The van der Waals surface area contributed by atoms with Gasteiger partial charge in [-0.2, -0.15) is 0 Å². The fourth-order valence-electron chi connectivity index (χ4n) is 2.67. The zero-order valence-corrected chi connectivity index (χ0v) is 11.8. The minimum Gasteiger partial charge on any atom is -0.271 e. The van der Waals surface area contributed by atoms with Gasteiger partial charge in [0.2, 0.25) is 0 Å². The van der Waals surface area contributed by atoms with Crippen LogP contribution in [-0.2, 0) is 19.3 Å². The number of nitrogens with one attached hydrogen (secondary N) is 1. The SMILES string of the molecule is NNC(Cc1ccc(F)c(F)c1)c1cc2c(s1)CCC2. The minimum absolute atomic E-state index is 0.0598. The van der Waals surface area contributed by atoms with E-state index in [0.717, 1.165) is 24.5 Å². The smallest absolute Gasteiger partial charge is 0.159 e. The van der Waals surface area contributed by atoms with Crippen molar-refractivity contribution in [1.29, 1.82) is 0 Å². The predicted molar refractivity (Wildman–Crippen MR) is 76.5 cm³/mol. The average Bonchev–Trinajstić information content (AvgIpc) is 3.01. The monoisotopic (exact) mass is 294 g/mol. The number of hydrogen-bond acceptors (Lipinski definition) is 3. The molecule has 0 radical (unpaired) electrons. The molecule has 0 fully saturated rings. The Labute approximate surface area is 120 Å². The Morgan fingerprint density at radius 3 is 2.75 bits per heavy atom. The summed E-state index contributed by atoms with van der Waals surface area (Å²) in [7, 11) is 0. The van der Waals surface area contributed by atoms with Gasteiger partial charge in [-0.05, 0) is 55.0 Å². The summed E-state index contributed by atoms with van der Waals surface area (Å²) in [4.78, 5) is 2.60. The van der Waals surface area contributed by atoms with Crippen molar-refractivity contribution in [3.05, 3.63) is 56.8 Å². The van der Waals surface area contributed by atoms with Gasteiger partial charge in [0.25, 0.3) is 0 Å². The van der Waals surface area contributed by atoms with Gasteiger partial charge in [-0.15, -0.1) is 11.3 Å². The number of halogens is 2. The van der Waals surface area contributed by atoms with Crippen LogP contribution in [0.15, 0.2) is 24.3 Å². The summed E-state index contributed by atoms with van der Waals surface area (Å²) >= 11 is 1.77. The molecule has 1 aliphatic rings. The molecule has 1 atom stereocenters. The highest BCUT2D eigenvalue weighted by molar-refractivity contribution is 7.12. The first-order chi connectivity index (χ1) is 9.67. The van der Waals surface area contributed by atoms with E-state index in [9.17, 15) is 8.78 Å². The number of thiophene rings is 1. The number of benzene rings is 1. The highest BCUT2D eigenvalue weighted by Gasteiger charge is 2.20. The highest BCUT2D eigenvalue weighted by Crippen LogP contribution is 2.34. The quantitative estimate of drug-likeness (QED) is 0.671. The lowest BCUT2D eigenvalue weighted by atomic mass is 10.0. The molecule has 0 bridgehead atoms. The fourth-order valence-corrected chi connectivity index (χ4v) is 3.99. The summed E-state index contributed by atoms with van der Waals surface area (Å²) in [6.07, 6.45) is 4.05. The van der Waals surface area contributed by atoms with Crippen LogP contribution in [0.1, 0.15) is 33.3 Å². The van der Waals surface area contributed by atoms with Gasteiger partial charge in [-0.1, -0.05) is 6.07 Å². The largest absolute Gasteiger partial charge is 0.271 e. The number of nitrogens with two attached hydrogens (primary N) is 1. The van der Waals surface area contributed by atoms with Crippen LogP contribution in [0.5, 0.6) is 0 Å². The molecule has 2 nitrogen and oxygen atoms in total. The molecule has 0 amide bonds. The van der Waals surface area contributed by atoms with E-state index in [1.807, 2.05) is 0 Å². The van der Waals surface area contributed by atoms with Gasteiger partial charge in [0.15, 0.2) is 11.6 Å². The number of rotatable bonds is 4. The molecule has 3 rings (SSSR count). The summed E-state index contributed by atoms with van der Waals surface area (Å²) in [6.45, 7) is 0. The number of aryl methyl sites for hydroxylation is 2. The molecular formula is C15H16F2N2S. The van der Waals surface area contributed by atoms with Gasteiger partial charge in [0.05, 0.1) is 6.04 Å². The Morgan fingerprint density at radius 2 is 2.05 bits per heavy atom. The zero-order valence-electron chi connectivity index (χ0n) is 11.0. The highest BCUT2D eigenvalue weighted by atomic mass is 32.1. The van der Waals surface area contributed by atoms with E-state index in [0.29, 0.717) is 6.42 Å². The Hall–Kier alpha value is -1.30. The van der Waals surface area contributed by atoms with Crippen LogP contribution in [0.2, 0.25) is 0 Å². The van der Waals surface area contributed by atoms with Gasteiger partial charge in [-0.3, -0.25) is 11.3 Å². The zero-order chi connectivity index (χ0) is 14.1. The molecule has 2 aromatic rings. The number of hydrogen-bond donors (Lipinski definition) is 2. The lowest BCUT2D eigenvalue weighted by Crippen LogP contribution is -2.29. The maximum absolute atomic E-state index is 13.2. The van der Waals surface area contributed by atoms with Crippen LogP contribution in [0.3, 0.4) is 0 Å². The standard InChI is InChI=1S/C15H16F2N2S/c16-11-5-4-9(6-12(11)17)7-13(19-18)15-8-10-2-1-3-14(10)20-15/h4-6,8,13,19H,1-3,7,18H2. The Morgan fingerprint density at radius 1 is 1.20 bits per heavy atom. The minimum atomic E-state index is -0.818.